The number of nitrogens with one attached hydrogen (secondary N) is 1. The molecule has 3 N–H and O–H groups in total. The molecule has 0 aliphatic carbocycles. The van der Waals surface area contributed by atoms with Crippen LogP contribution in [0.15, 0.2) is 97.2 Å². The van der Waals surface area contributed by atoms with Gasteiger partial charge in [0.1, 0.15) is 0 Å². The first-order valence-electron chi connectivity index (χ1n) is 38.0. The fourth-order valence-electron chi connectivity index (χ4n) is 11.6. The van der Waals surface area contributed by atoms with Gasteiger partial charge in [0.05, 0.1) is 18.8 Å². The molecule has 4 heteroatoms. The first-order chi connectivity index (χ1) is 42.2. The molecule has 85 heavy (non-hydrogen) atoms. The van der Waals surface area contributed by atoms with Gasteiger partial charge < -0.3 is 15.5 Å². The maximum Gasteiger partial charge on any atom is 0.220 e. The van der Waals surface area contributed by atoms with Crippen LogP contribution in [0.2, 0.25) is 0 Å². The Morgan fingerprint density at radius 2 is 0.529 bits per heavy atom. The largest absolute Gasteiger partial charge is 0.394 e. The van der Waals surface area contributed by atoms with Crippen molar-refractivity contribution in [3.8, 4) is 0 Å². The second-order valence-electron chi connectivity index (χ2n) is 25.7. The number of allylic oxidation sites excluding steroid dienone is 15. The Balaban J connectivity index is 3.46. The Morgan fingerprint density at radius 1 is 0.294 bits per heavy atom. The van der Waals surface area contributed by atoms with E-state index in [0.29, 0.717) is 6.42 Å². The molecule has 0 heterocycles. The van der Waals surface area contributed by atoms with Gasteiger partial charge in [-0.05, 0) is 83.5 Å². The zero-order chi connectivity index (χ0) is 61.2. The summed E-state index contributed by atoms with van der Waals surface area (Å²) in [5.41, 5.74) is 0. The van der Waals surface area contributed by atoms with Crippen LogP contribution in [0.3, 0.4) is 0 Å². The van der Waals surface area contributed by atoms with Crippen molar-refractivity contribution in [3.05, 3.63) is 97.2 Å². The fourth-order valence-corrected chi connectivity index (χ4v) is 11.6. The van der Waals surface area contributed by atoms with Crippen LogP contribution in [-0.2, 0) is 4.79 Å². The molecule has 0 bridgehead atoms. The van der Waals surface area contributed by atoms with Crippen molar-refractivity contribution in [2.45, 2.75) is 405 Å². The molecule has 0 aromatic rings. The highest BCUT2D eigenvalue weighted by Gasteiger charge is 2.18. The smallest absolute Gasteiger partial charge is 0.220 e. The zero-order valence-corrected chi connectivity index (χ0v) is 57.1. The zero-order valence-electron chi connectivity index (χ0n) is 57.1. The predicted molar refractivity (Wildman–Crippen MR) is 382 cm³/mol. The molecule has 2 atom stereocenters. The summed E-state index contributed by atoms with van der Waals surface area (Å²) in [6.45, 7) is 4.22. The van der Waals surface area contributed by atoms with E-state index >= 15 is 0 Å². The number of aliphatic hydroxyl groups is 2. The van der Waals surface area contributed by atoms with E-state index in [1.54, 1.807) is 6.08 Å². The number of hydrogen-bond donors (Lipinski definition) is 3. The number of hydrogen-bond acceptors (Lipinski definition) is 3. The molecular weight excluding hydrogens is 1030 g/mol. The van der Waals surface area contributed by atoms with Crippen LogP contribution < -0.4 is 5.32 Å². The minimum atomic E-state index is -0.867. The molecule has 0 rings (SSSR count). The van der Waals surface area contributed by atoms with E-state index in [1.807, 2.05) is 6.08 Å². The van der Waals surface area contributed by atoms with Gasteiger partial charge in [-0.15, -0.1) is 0 Å². The van der Waals surface area contributed by atoms with Crippen molar-refractivity contribution in [3.63, 3.8) is 0 Å². The molecule has 0 aliphatic heterocycles. The third-order valence-corrected chi connectivity index (χ3v) is 17.3. The van der Waals surface area contributed by atoms with Gasteiger partial charge in [0, 0.05) is 6.42 Å². The second kappa shape index (κ2) is 75.6. The molecule has 2 unspecified atom stereocenters. The normalized spacial score (nSPS) is 13.2. The van der Waals surface area contributed by atoms with Crippen molar-refractivity contribution in [1.82, 2.24) is 5.32 Å². The van der Waals surface area contributed by atoms with E-state index in [-0.39, 0.29) is 12.5 Å². The van der Waals surface area contributed by atoms with Gasteiger partial charge in [-0.3, -0.25) is 4.79 Å². The number of carbonyl (C=O) groups excluding carboxylic acids is 1. The predicted octanol–water partition coefficient (Wildman–Crippen LogP) is 26.3. The monoisotopic (exact) mass is 1180 g/mol. The Labute approximate surface area is 532 Å². The first kappa shape index (κ1) is 82.3. The third-order valence-electron chi connectivity index (χ3n) is 17.3. The lowest BCUT2D eigenvalue weighted by atomic mass is 10.0. The summed E-state index contributed by atoms with van der Waals surface area (Å²) >= 11 is 0. The Bertz CT molecular complexity index is 1530. The molecule has 0 aromatic heterocycles. The van der Waals surface area contributed by atoms with Gasteiger partial charge >= 0.3 is 0 Å². The van der Waals surface area contributed by atoms with Crippen molar-refractivity contribution in [1.29, 1.82) is 0 Å². The van der Waals surface area contributed by atoms with Crippen molar-refractivity contribution in [2.75, 3.05) is 6.61 Å². The highest BCUT2D eigenvalue weighted by molar-refractivity contribution is 5.76. The van der Waals surface area contributed by atoms with Crippen LogP contribution >= 0.6 is 0 Å². The maximum absolute atomic E-state index is 12.6. The standard InChI is InChI=1S/C81H147NO3/c1-3-5-7-9-11-13-15-17-19-21-23-25-27-29-31-33-35-37-38-39-40-41-42-43-44-45-47-49-51-53-55-57-59-61-63-65-67-69-71-73-75-77-81(85)82-79(78-83)80(84)76-74-72-70-68-66-64-62-60-58-56-54-52-50-48-46-36-34-32-30-28-26-24-22-20-18-16-14-12-10-8-6-4-2/h5,7,11,13,17,19,23,25,29,31,35,37,66,68,74,76,79-80,83-84H,3-4,6,8-10,12,14-16,18,20-22,24,26-28,30,32-34,36,38-65,67,69-73,75,77-78H2,1-2H3,(H,82,85)/b7-5-,13-11-,19-17-,25-23-,31-29-,37-35-,68-66+,76-74+. The van der Waals surface area contributed by atoms with Crippen LogP contribution in [0.25, 0.3) is 0 Å². The molecule has 0 aromatic carbocycles. The Hall–Kier alpha value is -2.69. The van der Waals surface area contributed by atoms with Crippen LogP contribution in [0.1, 0.15) is 393 Å². The molecule has 1 amide bonds. The Kier molecular flexibility index (Phi) is 73.2. The fraction of sp³-hybridized carbons (Fsp3) is 0.790. The molecular formula is C81H147NO3. The third kappa shape index (κ3) is 72.0. The number of unbranched alkanes of at least 4 members (excludes halogenated alkanes) is 49. The van der Waals surface area contributed by atoms with Gasteiger partial charge in [0.15, 0.2) is 0 Å². The number of rotatable bonds is 70. The average Bonchev–Trinajstić information content (AvgIpc) is 3.51. The summed E-state index contributed by atoms with van der Waals surface area (Å²) in [6.07, 6.45) is 112. The van der Waals surface area contributed by atoms with Gasteiger partial charge in [-0.2, -0.15) is 0 Å². The van der Waals surface area contributed by atoms with Crippen molar-refractivity contribution in [2.24, 2.45) is 0 Å². The highest BCUT2D eigenvalue weighted by atomic mass is 16.3. The van der Waals surface area contributed by atoms with Gasteiger partial charge in [-0.25, -0.2) is 0 Å². The number of amides is 1. The Morgan fingerprint density at radius 3 is 0.824 bits per heavy atom. The minimum Gasteiger partial charge on any atom is -0.394 e. The minimum absolute atomic E-state index is 0.0683. The summed E-state index contributed by atoms with van der Waals surface area (Å²) in [6, 6.07) is -0.644. The van der Waals surface area contributed by atoms with E-state index in [9.17, 15) is 15.0 Å². The van der Waals surface area contributed by atoms with Gasteiger partial charge in [0.2, 0.25) is 5.91 Å². The van der Waals surface area contributed by atoms with E-state index in [0.717, 1.165) is 70.6 Å². The van der Waals surface area contributed by atoms with E-state index in [1.165, 1.54) is 302 Å². The SMILES string of the molecule is CC/C=C\C/C=C\C/C=C\C/C=C\C/C=C\C/C=C\CCCCCCCCCCCCCCCCCCCCCCCCC(=O)NC(CO)C(O)/C=C/CC/C=C/CCCCCCCCCCCCCCCCCCCCCCCCCCCC. The second-order valence-corrected chi connectivity index (χ2v) is 25.7. The lowest BCUT2D eigenvalue weighted by Crippen LogP contribution is -2.45. The molecule has 0 aliphatic rings. The maximum atomic E-state index is 12.6. The lowest BCUT2D eigenvalue weighted by Gasteiger charge is -2.19. The summed E-state index contributed by atoms with van der Waals surface area (Å²) in [4.78, 5) is 12.6. The van der Waals surface area contributed by atoms with Crippen molar-refractivity contribution < 1.29 is 15.0 Å². The molecule has 0 saturated carbocycles. The topological polar surface area (TPSA) is 69.6 Å². The molecule has 4 nitrogen and oxygen atoms in total. The van der Waals surface area contributed by atoms with Crippen LogP contribution in [0.4, 0.5) is 0 Å². The van der Waals surface area contributed by atoms with Gasteiger partial charge in [-0.1, -0.05) is 400 Å². The summed E-state index contributed by atoms with van der Waals surface area (Å²) in [7, 11) is 0. The van der Waals surface area contributed by atoms with E-state index in [4.69, 9.17) is 0 Å². The van der Waals surface area contributed by atoms with E-state index in [2.05, 4.69) is 104 Å². The molecule has 0 spiro atoms. The molecule has 494 valence electrons. The summed E-state index contributed by atoms with van der Waals surface area (Å²) in [5.74, 6) is -0.0683. The quantitative estimate of drug-likeness (QED) is 0.0420. The number of aliphatic hydroxyl groups excluding tert-OH is 2. The first-order valence-corrected chi connectivity index (χ1v) is 38.0. The molecule has 0 radical (unpaired) electrons. The van der Waals surface area contributed by atoms with Crippen LogP contribution in [-0.4, -0.2) is 34.9 Å². The highest BCUT2D eigenvalue weighted by Crippen LogP contribution is 2.19. The van der Waals surface area contributed by atoms with Gasteiger partial charge in [0.25, 0.3) is 0 Å². The van der Waals surface area contributed by atoms with Crippen LogP contribution in [0, 0.1) is 0 Å². The summed E-state index contributed by atoms with van der Waals surface area (Å²) < 4.78 is 0. The summed E-state index contributed by atoms with van der Waals surface area (Å²) in [5, 5.41) is 23.3. The number of carbonyl (C=O) groups is 1. The lowest BCUT2D eigenvalue weighted by molar-refractivity contribution is -0.123. The van der Waals surface area contributed by atoms with Crippen molar-refractivity contribution >= 4 is 5.91 Å². The average molecular weight is 1180 g/mol. The molecule has 0 saturated heterocycles. The van der Waals surface area contributed by atoms with Crippen LogP contribution in [0.5, 0.6) is 0 Å². The van der Waals surface area contributed by atoms with E-state index < -0.39 is 12.1 Å². The molecule has 0 fully saturated rings.